The van der Waals surface area contributed by atoms with Crippen LogP contribution in [0.25, 0.3) is 11.3 Å². The lowest BCUT2D eigenvalue weighted by molar-refractivity contribution is -0.123. The fourth-order valence-corrected chi connectivity index (χ4v) is 6.89. The van der Waals surface area contributed by atoms with Crippen LogP contribution in [0.15, 0.2) is 35.4 Å². The van der Waals surface area contributed by atoms with Crippen LogP contribution in [0.4, 0.5) is 5.13 Å². The Morgan fingerprint density at radius 1 is 1.03 bits per heavy atom. The predicted molar refractivity (Wildman–Crippen MR) is 120 cm³/mol. The third-order valence-electron chi connectivity index (χ3n) is 7.26. The van der Waals surface area contributed by atoms with Gasteiger partial charge in [-0.2, -0.15) is 0 Å². The Hall–Kier alpha value is -2.27. The number of carbonyl (C=O) groups excluding carboxylic acids is 2. The summed E-state index contributed by atoms with van der Waals surface area (Å²) in [5.41, 5.74) is 5.87. The smallest absolute Gasteiger partial charge is 0.240 e. The van der Waals surface area contributed by atoms with Gasteiger partial charge in [0.15, 0.2) is 5.13 Å². The fourth-order valence-electron chi connectivity index (χ4n) is 5.95. The van der Waals surface area contributed by atoms with E-state index in [9.17, 15) is 9.59 Å². The van der Waals surface area contributed by atoms with E-state index in [0.717, 1.165) is 29.0 Å². The van der Waals surface area contributed by atoms with Gasteiger partial charge in [0.05, 0.1) is 17.5 Å². The molecule has 2 amide bonds. The number of benzene rings is 1. The summed E-state index contributed by atoms with van der Waals surface area (Å²) in [5, 5.41) is 0.540. The van der Waals surface area contributed by atoms with Gasteiger partial charge >= 0.3 is 0 Å². The number of anilines is 1. The first-order valence-electron chi connectivity index (χ1n) is 10.9. The quantitative estimate of drug-likeness (QED) is 0.471. The molecule has 5 heteroatoms. The van der Waals surface area contributed by atoms with Crippen molar-refractivity contribution in [3.63, 3.8) is 0 Å². The van der Waals surface area contributed by atoms with Gasteiger partial charge in [-0.1, -0.05) is 49.3 Å². The molecule has 0 N–H and O–H groups in total. The number of aryl methyl sites for hydroxylation is 1. The number of fused-ring (bicyclic) bond motifs is 5. The highest BCUT2D eigenvalue weighted by molar-refractivity contribution is 7.16. The monoisotopic (exact) mass is 420 g/mol. The van der Waals surface area contributed by atoms with Crippen molar-refractivity contribution in [2.24, 2.45) is 23.7 Å². The third-order valence-corrected chi connectivity index (χ3v) is 8.21. The molecule has 2 saturated carbocycles. The SMILES string of the molecule is CC(C)=C1[C@H]2CC[C@H]1[C@@H]1C(=O)N(c3nc(-c4ccc(C(C)C)cc4)c(C)s3)C(=O)[C@H]12. The summed E-state index contributed by atoms with van der Waals surface area (Å²) >= 11 is 1.45. The standard InChI is InChI=1S/C25H28N2O2S/c1-12(2)15-6-8-16(9-7-15)22-14(5)30-25(26-22)27-23(28)20-17-10-11-18(19(17)13(3)4)21(20)24(27)29/h6-9,12,17-18,20-21H,10-11H2,1-5H3/t17-,18-,20+,21+/m1/s1. The Balaban J connectivity index is 1.48. The van der Waals surface area contributed by atoms with Crippen molar-refractivity contribution in [1.29, 1.82) is 0 Å². The second-order valence-corrected chi connectivity index (χ2v) is 10.7. The van der Waals surface area contributed by atoms with Gasteiger partial charge in [0.2, 0.25) is 11.8 Å². The molecule has 156 valence electrons. The number of hydrogen-bond donors (Lipinski definition) is 0. The van der Waals surface area contributed by atoms with E-state index < -0.39 is 0 Å². The van der Waals surface area contributed by atoms with Crippen molar-refractivity contribution in [1.82, 2.24) is 4.98 Å². The number of imide groups is 1. The Labute approximate surface area is 182 Å². The van der Waals surface area contributed by atoms with Crippen molar-refractivity contribution < 1.29 is 9.59 Å². The molecule has 2 bridgehead atoms. The number of aromatic nitrogens is 1. The first kappa shape index (κ1) is 19.7. The Bertz CT molecular complexity index is 1040. The summed E-state index contributed by atoms with van der Waals surface area (Å²) in [5.74, 6) is 0.536. The molecule has 30 heavy (non-hydrogen) atoms. The molecular weight excluding hydrogens is 392 g/mol. The van der Waals surface area contributed by atoms with E-state index in [4.69, 9.17) is 4.98 Å². The fraction of sp³-hybridized carbons (Fsp3) is 0.480. The second-order valence-electron chi connectivity index (χ2n) is 9.49. The minimum atomic E-state index is -0.181. The molecule has 1 aliphatic heterocycles. The molecule has 1 aromatic carbocycles. The summed E-state index contributed by atoms with van der Waals surface area (Å²) in [6, 6.07) is 8.44. The topological polar surface area (TPSA) is 50.3 Å². The van der Waals surface area contributed by atoms with Crippen LogP contribution in [-0.2, 0) is 9.59 Å². The molecule has 4 nitrogen and oxygen atoms in total. The van der Waals surface area contributed by atoms with Crippen LogP contribution in [0.5, 0.6) is 0 Å². The van der Waals surface area contributed by atoms with Gasteiger partial charge in [0.1, 0.15) is 0 Å². The predicted octanol–water partition coefficient (Wildman–Crippen LogP) is 5.72. The van der Waals surface area contributed by atoms with E-state index in [0.29, 0.717) is 11.0 Å². The van der Waals surface area contributed by atoms with Gasteiger partial charge in [-0.3, -0.25) is 9.59 Å². The summed E-state index contributed by atoms with van der Waals surface area (Å²) in [6.07, 6.45) is 2.06. The minimum absolute atomic E-state index is 0.0357. The Morgan fingerprint density at radius 3 is 2.10 bits per heavy atom. The summed E-state index contributed by atoms with van der Waals surface area (Å²) in [7, 11) is 0. The van der Waals surface area contributed by atoms with E-state index in [2.05, 4.69) is 52.0 Å². The number of allylic oxidation sites excluding steroid dienone is 2. The Kier molecular flexibility index (Phi) is 4.51. The van der Waals surface area contributed by atoms with Crippen LogP contribution in [0.3, 0.4) is 0 Å². The van der Waals surface area contributed by atoms with Gasteiger partial charge < -0.3 is 0 Å². The number of thiazole rings is 1. The molecule has 1 aromatic heterocycles. The number of hydrogen-bond acceptors (Lipinski definition) is 4. The van der Waals surface area contributed by atoms with E-state index >= 15 is 0 Å². The number of nitrogens with zero attached hydrogens (tertiary/aromatic N) is 2. The molecular formula is C25H28N2O2S. The van der Waals surface area contributed by atoms with Crippen molar-refractivity contribution in [3.05, 3.63) is 45.9 Å². The third kappa shape index (κ3) is 2.67. The normalized spacial score (nSPS) is 27.5. The van der Waals surface area contributed by atoms with Gasteiger partial charge in [-0.15, -0.1) is 11.3 Å². The van der Waals surface area contributed by atoms with Crippen molar-refractivity contribution in [2.45, 2.75) is 53.4 Å². The van der Waals surface area contributed by atoms with Gasteiger partial charge in [-0.25, -0.2) is 9.88 Å². The maximum atomic E-state index is 13.4. The average molecular weight is 421 g/mol. The number of amides is 2. The largest absolute Gasteiger partial charge is 0.274 e. The van der Waals surface area contributed by atoms with Gasteiger partial charge in [0, 0.05) is 10.4 Å². The first-order chi connectivity index (χ1) is 14.3. The van der Waals surface area contributed by atoms with E-state index in [-0.39, 0.29) is 35.5 Å². The zero-order valence-corrected chi connectivity index (χ0v) is 19.0. The lowest BCUT2D eigenvalue weighted by Gasteiger charge is -2.18. The van der Waals surface area contributed by atoms with Crippen LogP contribution in [-0.4, -0.2) is 16.8 Å². The highest BCUT2D eigenvalue weighted by Crippen LogP contribution is 2.60. The molecule has 4 atom stereocenters. The zero-order chi connectivity index (χ0) is 21.3. The summed E-state index contributed by atoms with van der Waals surface area (Å²) < 4.78 is 0. The second kappa shape index (κ2) is 6.88. The molecule has 1 saturated heterocycles. The Morgan fingerprint density at radius 2 is 1.60 bits per heavy atom. The van der Waals surface area contributed by atoms with Crippen LogP contribution < -0.4 is 4.90 Å². The molecule has 0 radical (unpaired) electrons. The maximum absolute atomic E-state index is 13.4. The van der Waals surface area contributed by atoms with E-state index in [1.165, 1.54) is 32.9 Å². The van der Waals surface area contributed by atoms with Crippen LogP contribution >= 0.6 is 11.3 Å². The molecule has 0 spiro atoms. The molecule has 2 aromatic rings. The van der Waals surface area contributed by atoms with Crippen molar-refractivity contribution in [3.8, 4) is 11.3 Å². The van der Waals surface area contributed by atoms with E-state index in [1.54, 1.807) is 0 Å². The van der Waals surface area contributed by atoms with Gasteiger partial charge in [0.25, 0.3) is 0 Å². The lowest BCUT2D eigenvalue weighted by atomic mass is 9.81. The van der Waals surface area contributed by atoms with Crippen LogP contribution in [0.2, 0.25) is 0 Å². The molecule has 3 aliphatic rings. The van der Waals surface area contributed by atoms with Crippen molar-refractivity contribution >= 4 is 28.3 Å². The summed E-state index contributed by atoms with van der Waals surface area (Å²) in [6.45, 7) is 10.6. The minimum Gasteiger partial charge on any atom is -0.274 e. The highest BCUT2D eigenvalue weighted by atomic mass is 32.1. The molecule has 3 fully saturated rings. The molecule has 2 heterocycles. The van der Waals surface area contributed by atoms with E-state index in [1.807, 2.05) is 6.92 Å². The lowest BCUT2D eigenvalue weighted by Crippen LogP contribution is -2.33. The molecule has 5 rings (SSSR count). The van der Waals surface area contributed by atoms with Gasteiger partial charge in [-0.05, 0) is 56.9 Å². The molecule has 0 unspecified atom stereocenters. The maximum Gasteiger partial charge on any atom is 0.240 e. The average Bonchev–Trinajstić information content (AvgIpc) is 3.43. The van der Waals surface area contributed by atoms with Crippen LogP contribution in [0, 0.1) is 30.6 Å². The zero-order valence-electron chi connectivity index (χ0n) is 18.2. The number of carbonyl (C=O) groups is 2. The molecule has 2 aliphatic carbocycles. The number of rotatable bonds is 3. The highest BCUT2D eigenvalue weighted by Gasteiger charge is 2.64. The summed E-state index contributed by atoms with van der Waals surface area (Å²) in [4.78, 5) is 34.0. The van der Waals surface area contributed by atoms with Crippen molar-refractivity contribution in [2.75, 3.05) is 4.90 Å². The van der Waals surface area contributed by atoms with Crippen LogP contribution in [0.1, 0.15) is 56.9 Å². The first-order valence-corrected chi connectivity index (χ1v) is 11.7.